The normalized spacial score (nSPS) is 21.0. The zero-order chi connectivity index (χ0) is 18.8. The molecule has 0 amide bonds. The molecule has 1 N–H and O–H groups in total. The van der Waals surface area contributed by atoms with Gasteiger partial charge in [-0.1, -0.05) is 74.2 Å². The Hall–Kier alpha value is -2.35. The molecule has 1 saturated carbocycles. The molecular formula is C25H29NO. The number of allylic oxidation sites excluding steroid dienone is 2. The van der Waals surface area contributed by atoms with Crippen LogP contribution in [0.25, 0.3) is 16.7 Å². The van der Waals surface area contributed by atoms with Gasteiger partial charge in [-0.25, -0.2) is 0 Å². The summed E-state index contributed by atoms with van der Waals surface area (Å²) in [6, 6.07) is 17.6. The zero-order valence-corrected chi connectivity index (χ0v) is 16.4. The van der Waals surface area contributed by atoms with E-state index < -0.39 is 0 Å². The van der Waals surface area contributed by atoms with E-state index in [0.717, 1.165) is 16.8 Å². The van der Waals surface area contributed by atoms with E-state index in [-0.39, 0.29) is 0 Å². The summed E-state index contributed by atoms with van der Waals surface area (Å²) < 4.78 is 0. The fraction of sp³-hybridized carbons (Fsp3) is 0.400. The number of carbonyl (C=O) groups excluding carboxylic acids is 1. The van der Waals surface area contributed by atoms with Gasteiger partial charge in [-0.2, -0.15) is 0 Å². The van der Waals surface area contributed by atoms with Crippen LogP contribution in [-0.4, -0.2) is 11.8 Å². The SMILES string of the molecule is CC1=C(c2ccc(-c3ccccc3)cc2NC2CCCCC2)C(=O)CC1C. The van der Waals surface area contributed by atoms with E-state index >= 15 is 0 Å². The predicted octanol–water partition coefficient (Wildman–Crippen LogP) is 6.48. The number of ketones is 1. The van der Waals surface area contributed by atoms with E-state index in [4.69, 9.17) is 0 Å². The topological polar surface area (TPSA) is 29.1 Å². The van der Waals surface area contributed by atoms with Crippen LogP contribution in [0.3, 0.4) is 0 Å². The third-order valence-electron chi connectivity index (χ3n) is 6.26. The molecule has 0 aromatic heterocycles. The van der Waals surface area contributed by atoms with Gasteiger partial charge in [0.25, 0.3) is 0 Å². The minimum atomic E-state index is 0.291. The van der Waals surface area contributed by atoms with Crippen molar-refractivity contribution in [1.82, 2.24) is 0 Å². The first-order chi connectivity index (χ1) is 13.1. The van der Waals surface area contributed by atoms with E-state index in [1.54, 1.807) is 0 Å². The van der Waals surface area contributed by atoms with Gasteiger partial charge in [0, 0.05) is 29.3 Å². The molecule has 2 aliphatic carbocycles. The molecule has 0 radical (unpaired) electrons. The van der Waals surface area contributed by atoms with Gasteiger partial charge in [0.05, 0.1) is 0 Å². The number of Topliss-reactive ketones (excluding diaryl/α,β-unsaturated/α-hetero) is 1. The van der Waals surface area contributed by atoms with Crippen LogP contribution in [0.15, 0.2) is 54.1 Å². The Morgan fingerprint density at radius 3 is 2.33 bits per heavy atom. The Morgan fingerprint density at radius 2 is 1.67 bits per heavy atom. The van der Waals surface area contributed by atoms with Crippen molar-refractivity contribution in [1.29, 1.82) is 0 Å². The van der Waals surface area contributed by atoms with Crippen molar-refractivity contribution in [2.45, 2.75) is 58.4 Å². The molecule has 0 aliphatic heterocycles. The average molecular weight is 360 g/mol. The molecule has 0 saturated heterocycles. The second-order valence-electron chi connectivity index (χ2n) is 8.19. The Morgan fingerprint density at radius 1 is 0.926 bits per heavy atom. The van der Waals surface area contributed by atoms with Gasteiger partial charge in [-0.05, 0) is 42.9 Å². The molecule has 2 aromatic rings. The van der Waals surface area contributed by atoms with Gasteiger partial charge in [0.1, 0.15) is 0 Å². The lowest BCUT2D eigenvalue weighted by atomic mass is 9.92. The van der Waals surface area contributed by atoms with Crippen LogP contribution >= 0.6 is 0 Å². The summed E-state index contributed by atoms with van der Waals surface area (Å²) in [5.74, 6) is 0.642. The summed E-state index contributed by atoms with van der Waals surface area (Å²) >= 11 is 0. The number of nitrogens with one attached hydrogen (secondary N) is 1. The molecule has 140 valence electrons. The number of hydrogen-bond donors (Lipinski definition) is 1. The van der Waals surface area contributed by atoms with Crippen molar-refractivity contribution in [3.05, 3.63) is 59.7 Å². The lowest BCUT2D eigenvalue weighted by Gasteiger charge is -2.26. The van der Waals surface area contributed by atoms with Gasteiger partial charge in [0.2, 0.25) is 0 Å². The van der Waals surface area contributed by atoms with Gasteiger partial charge in [0.15, 0.2) is 5.78 Å². The molecule has 2 heteroatoms. The Bertz CT molecular complexity index is 859. The van der Waals surface area contributed by atoms with E-state index in [0.29, 0.717) is 24.2 Å². The molecule has 0 heterocycles. The highest BCUT2D eigenvalue weighted by Gasteiger charge is 2.29. The van der Waals surface area contributed by atoms with Crippen LogP contribution in [0.2, 0.25) is 0 Å². The van der Waals surface area contributed by atoms with E-state index in [1.807, 2.05) is 6.07 Å². The maximum atomic E-state index is 12.7. The zero-order valence-electron chi connectivity index (χ0n) is 16.4. The standard InChI is InChI=1S/C25H29NO/c1-17-15-24(27)25(18(17)2)22-14-13-20(19-9-5-3-6-10-19)16-23(22)26-21-11-7-4-8-12-21/h3,5-6,9-10,13-14,16-17,21,26H,4,7-8,11-12,15H2,1-2H3. The highest BCUT2D eigenvalue weighted by molar-refractivity contribution is 6.25. The fourth-order valence-electron chi connectivity index (χ4n) is 4.52. The minimum absolute atomic E-state index is 0.291. The smallest absolute Gasteiger partial charge is 0.164 e. The summed E-state index contributed by atoms with van der Waals surface area (Å²) in [7, 11) is 0. The maximum absolute atomic E-state index is 12.7. The largest absolute Gasteiger partial charge is 0.382 e. The second kappa shape index (κ2) is 7.72. The monoisotopic (exact) mass is 359 g/mol. The minimum Gasteiger partial charge on any atom is -0.382 e. The first kappa shape index (κ1) is 18.0. The van der Waals surface area contributed by atoms with Crippen LogP contribution in [0.1, 0.15) is 57.9 Å². The fourth-order valence-corrected chi connectivity index (χ4v) is 4.52. The molecule has 27 heavy (non-hydrogen) atoms. The summed E-state index contributed by atoms with van der Waals surface area (Å²) in [6.07, 6.45) is 7.01. The van der Waals surface area contributed by atoms with Crippen LogP contribution in [-0.2, 0) is 4.79 Å². The molecule has 0 bridgehead atoms. The third-order valence-corrected chi connectivity index (χ3v) is 6.26. The van der Waals surface area contributed by atoms with Crippen LogP contribution in [0.4, 0.5) is 5.69 Å². The van der Waals surface area contributed by atoms with Crippen molar-refractivity contribution in [3.63, 3.8) is 0 Å². The summed E-state index contributed by atoms with van der Waals surface area (Å²) in [4.78, 5) is 12.7. The van der Waals surface area contributed by atoms with Crippen molar-refractivity contribution >= 4 is 17.0 Å². The molecule has 2 aromatic carbocycles. The van der Waals surface area contributed by atoms with E-state index in [9.17, 15) is 4.79 Å². The number of rotatable bonds is 4. The molecule has 1 atom stereocenters. The number of anilines is 1. The van der Waals surface area contributed by atoms with Gasteiger partial charge >= 0.3 is 0 Å². The van der Waals surface area contributed by atoms with E-state index in [2.05, 4.69) is 61.6 Å². The molecule has 2 nitrogen and oxygen atoms in total. The quantitative estimate of drug-likeness (QED) is 0.677. The number of hydrogen-bond acceptors (Lipinski definition) is 2. The second-order valence-corrected chi connectivity index (χ2v) is 8.19. The number of benzene rings is 2. The Labute approximate surface area is 162 Å². The average Bonchev–Trinajstić information content (AvgIpc) is 2.95. The van der Waals surface area contributed by atoms with Crippen LogP contribution in [0.5, 0.6) is 0 Å². The predicted molar refractivity (Wildman–Crippen MR) is 114 cm³/mol. The maximum Gasteiger partial charge on any atom is 0.164 e. The Balaban J connectivity index is 1.77. The summed E-state index contributed by atoms with van der Waals surface area (Å²) in [5.41, 5.74) is 6.81. The first-order valence-electron chi connectivity index (χ1n) is 10.3. The third kappa shape index (κ3) is 3.71. The first-order valence-corrected chi connectivity index (χ1v) is 10.3. The molecular weight excluding hydrogens is 330 g/mol. The van der Waals surface area contributed by atoms with Crippen molar-refractivity contribution in [3.8, 4) is 11.1 Å². The van der Waals surface area contributed by atoms with E-state index in [1.165, 1.54) is 48.8 Å². The Kier molecular flexibility index (Phi) is 5.15. The van der Waals surface area contributed by atoms with Crippen molar-refractivity contribution in [2.75, 3.05) is 5.32 Å². The highest BCUT2D eigenvalue weighted by atomic mass is 16.1. The molecule has 1 unspecified atom stereocenters. The molecule has 0 spiro atoms. The molecule has 1 fully saturated rings. The summed E-state index contributed by atoms with van der Waals surface area (Å²) in [5, 5.41) is 3.81. The van der Waals surface area contributed by atoms with Crippen molar-refractivity contribution in [2.24, 2.45) is 5.92 Å². The van der Waals surface area contributed by atoms with Gasteiger partial charge in [-0.3, -0.25) is 4.79 Å². The molecule has 4 rings (SSSR count). The molecule has 2 aliphatic rings. The van der Waals surface area contributed by atoms with Crippen molar-refractivity contribution < 1.29 is 4.79 Å². The highest BCUT2D eigenvalue weighted by Crippen LogP contribution is 2.40. The number of carbonyl (C=O) groups is 1. The van der Waals surface area contributed by atoms with Gasteiger partial charge in [-0.15, -0.1) is 0 Å². The lowest BCUT2D eigenvalue weighted by Crippen LogP contribution is -2.23. The van der Waals surface area contributed by atoms with Crippen LogP contribution < -0.4 is 5.32 Å². The van der Waals surface area contributed by atoms with Crippen LogP contribution in [0, 0.1) is 5.92 Å². The van der Waals surface area contributed by atoms with Gasteiger partial charge < -0.3 is 5.32 Å². The lowest BCUT2D eigenvalue weighted by molar-refractivity contribution is -0.113. The summed E-state index contributed by atoms with van der Waals surface area (Å²) in [6.45, 7) is 4.28.